The second-order valence-corrected chi connectivity index (χ2v) is 9.72. The van der Waals surface area contributed by atoms with Gasteiger partial charge in [0.1, 0.15) is 5.76 Å². The molecule has 1 N–H and O–H groups in total. The molecule has 2 aliphatic heterocycles. The monoisotopic (exact) mass is 432 g/mol. The summed E-state index contributed by atoms with van der Waals surface area (Å²) in [5, 5.41) is 11.4. The first-order valence-corrected chi connectivity index (χ1v) is 11.1. The van der Waals surface area contributed by atoms with Gasteiger partial charge in [-0.15, -0.1) is 0 Å². The van der Waals surface area contributed by atoms with Crippen molar-refractivity contribution in [2.24, 2.45) is 0 Å². The molecule has 0 unspecified atom stereocenters. The first kappa shape index (κ1) is 19.6. The lowest BCUT2D eigenvalue weighted by Crippen LogP contribution is -2.40. The van der Waals surface area contributed by atoms with Crippen molar-refractivity contribution in [3.63, 3.8) is 0 Å². The van der Waals surface area contributed by atoms with Gasteiger partial charge in [0.25, 0.3) is 11.7 Å². The summed E-state index contributed by atoms with van der Waals surface area (Å²) in [6.45, 7) is 0. The van der Waals surface area contributed by atoms with Crippen LogP contribution in [0.5, 0.6) is 0 Å². The zero-order valence-corrected chi connectivity index (χ0v) is 16.7. The average Bonchev–Trinajstić information content (AvgIpc) is 3.19. The highest BCUT2D eigenvalue weighted by Crippen LogP contribution is 2.42. The van der Waals surface area contributed by atoms with Gasteiger partial charge in [0.05, 0.1) is 23.1 Å². The molecular weight excluding hydrogens is 416 g/mol. The van der Waals surface area contributed by atoms with Crippen LogP contribution in [0, 0.1) is 0 Å². The molecule has 0 aliphatic carbocycles. The Morgan fingerprint density at radius 3 is 2.34 bits per heavy atom. The van der Waals surface area contributed by atoms with E-state index in [9.17, 15) is 23.1 Å². The Bertz CT molecular complexity index is 1110. The molecule has 1 amide bonds. The molecule has 1 aromatic carbocycles. The van der Waals surface area contributed by atoms with E-state index in [-0.39, 0.29) is 29.3 Å². The number of likely N-dealkylation sites (tertiary alicyclic amines) is 1. The standard InChI is InChI=1S/C20H17ClN2O5S/c21-14-3-1-13(2-4-14)18(24)16-17(12-5-8-22-9-6-12)23(20(26)19(16)25)15-7-10-29(27,28)11-15/h1-6,8-9,15,17,24H,7,10-11H2/b18-16+/t15-,17-/m0/s1. The van der Waals surface area contributed by atoms with Gasteiger partial charge in [-0.3, -0.25) is 14.6 Å². The second-order valence-electron chi connectivity index (χ2n) is 7.05. The number of hydrogen-bond acceptors (Lipinski definition) is 6. The Hall–Kier alpha value is -2.71. The molecule has 0 spiro atoms. The topological polar surface area (TPSA) is 105 Å². The number of carbonyl (C=O) groups is 2. The number of aromatic nitrogens is 1. The van der Waals surface area contributed by atoms with E-state index in [0.29, 0.717) is 16.1 Å². The lowest BCUT2D eigenvalue weighted by atomic mass is 9.95. The Kier molecular flexibility index (Phi) is 4.92. The fraction of sp³-hybridized carbons (Fsp3) is 0.250. The Morgan fingerprint density at radius 1 is 1.10 bits per heavy atom. The number of carbonyl (C=O) groups excluding carboxylic acids is 2. The van der Waals surface area contributed by atoms with E-state index in [1.54, 1.807) is 36.4 Å². The fourth-order valence-electron chi connectivity index (χ4n) is 3.86. The molecular formula is C20H17ClN2O5S. The van der Waals surface area contributed by atoms with Crippen molar-refractivity contribution >= 4 is 38.9 Å². The highest BCUT2D eigenvalue weighted by atomic mass is 35.5. The van der Waals surface area contributed by atoms with Crippen molar-refractivity contribution < 1.29 is 23.1 Å². The van der Waals surface area contributed by atoms with Crippen LogP contribution in [0.2, 0.25) is 5.02 Å². The minimum Gasteiger partial charge on any atom is -0.507 e. The van der Waals surface area contributed by atoms with Crippen molar-refractivity contribution in [2.45, 2.75) is 18.5 Å². The number of sulfone groups is 1. The number of rotatable bonds is 3. The maximum Gasteiger partial charge on any atom is 0.295 e. The largest absolute Gasteiger partial charge is 0.507 e. The molecule has 3 heterocycles. The van der Waals surface area contributed by atoms with Crippen LogP contribution < -0.4 is 0 Å². The minimum absolute atomic E-state index is 0.0408. The normalized spacial score (nSPS) is 25.5. The number of halogens is 1. The number of pyridine rings is 1. The zero-order chi connectivity index (χ0) is 20.8. The molecule has 0 saturated carbocycles. The van der Waals surface area contributed by atoms with Crippen LogP contribution in [-0.4, -0.2) is 52.6 Å². The van der Waals surface area contributed by atoms with Crippen molar-refractivity contribution in [2.75, 3.05) is 11.5 Å². The highest BCUT2D eigenvalue weighted by molar-refractivity contribution is 7.91. The van der Waals surface area contributed by atoms with Gasteiger partial charge < -0.3 is 10.0 Å². The molecule has 150 valence electrons. The molecule has 0 radical (unpaired) electrons. The van der Waals surface area contributed by atoms with E-state index in [1.165, 1.54) is 17.3 Å². The first-order chi connectivity index (χ1) is 13.8. The predicted octanol–water partition coefficient (Wildman–Crippen LogP) is 2.34. The number of nitrogens with zero attached hydrogens (tertiary/aromatic N) is 2. The number of ketones is 1. The van der Waals surface area contributed by atoms with Crippen LogP contribution in [0.3, 0.4) is 0 Å². The summed E-state index contributed by atoms with van der Waals surface area (Å²) in [7, 11) is -3.28. The van der Waals surface area contributed by atoms with Crippen molar-refractivity contribution in [1.82, 2.24) is 9.88 Å². The molecule has 2 atom stereocenters. The SMILES string of the molecule is O=C1C(=O)N([C@H]2CCS(=O)(=O)C2)[C@@H](c2ccncc2)/C1=C(\O)c1ccc(Cl)cc1. The van der Waals surface area contributed by atoms with Crippen molar-refractivity contribution in [1.29, 1.82) is 0 Å². The zero-order valence-electron chi connectivity index (χ0n) is 15.2. The molecule has 1 aromatic heterocycles. The smallest absolute Gasteiger partial charge is 0.295 e. The number of amides is 1. The predicted molar refractivity (Wildman–Crippen MR) is 107 cm³/mol. The third-order valence-electron chi connectivity index (χ3n) is 5.22. The summed E-state index contributed by atoms with van der Waals surface area (Å²) in [6, 6.07) is 7.99. The van der Waals surface area contributed by atoms with Gasteiger partial charge in [0.2, 0.25) is 0 Å². The third-order valence-corrected chi connectivity index (χ3v) is 7.22. The van der Waals surface area contributed by atoms with Crippen LogP contribution in [0.25, 0.3) is 5.76 Å². The summed E-state index contributed by atoms with van der Waals surface area (Å²) in [4.78, 5) is 31.0. The van der Waals surface area contributed by atoms with E-state index in [1.807, 2.05) is 0 Å². The summed E-state index contributed by atoms with van der Waals surface area (Å²) >= 11 is 5.90. The molecule has 0 bridgehead atoms. The van der Waals surface area contributed by atoms with Gasteiger partial charge in [0, 0.05) is 29.0 Å². The second kappa shape index (κ2) is 7.27. The lowest BCUT2D eigenvalue weighted by molar-refractivity contribution is -0.141. The number of benzene rings is 1. The van der Waals surface area contributed by atoms with E-state index < -0.39 is 33.6 Å². The molecule has 2 aliphatic rings. The van der Waals surface area contributed by atoms with Crippen LogP contribution in [0.4, 0.5) is 0 Å². The van der Waals surface area contributed by atoms with Crippen LogP contribution in [0.1, 0.15) is 23.6 Å². The molecule has 29 heavy (non-hydrogen) atoms. The van der Waals surface area contributed by atoms with Crippen LogP contribution >= 0.6 is 11.6 Å². The Morgan fingerprint density at radius 2 is 1.76 bits per heavy atom. The number of hydrogen-bond donors (Lipinski definition) is 1. The fourth-order valence-corrected chi connectivity index (χ4v) is 5.70. The maximum absolute atomic E-state index is 12.9. The molecule has 4 rings (SSSR count). The third kappa shape index (κ3) is 3.54. The number of aliphatic hydroxyl groups excluding tert-OH is 1. The van der Waals surface area contributed by atoms with Gasteiger partial charge in [-0.1, -0.05) is 11.6 Å². The van der Waals surface area contributed by atoms with Crippen LogP contribution in [0.15, 0.2) is 54.4 Å². The highest BCUT2D eigenvalue weighted by Gasteiger charge is 2.50. The van der Waals surface area contributed by atoms with E-state index >= 15 is 0 Å². The molecule has 7 nitrogen and oxygen atoms in total. The number of Topliss-reactive ketones (excluding diaryl/α,β-unsaturated/α-hetero) is 1. The summed E-state index contributed by atoms with van der Waals surface area (Å²) in [5.41, 5.74) is 0.831. The van der Waals surface area contributed by atoms with Crippen molar-refractivity contribution in [3.8, 4) is 0 Å². The Balaban J connectivity index is 1.88. The number of aliphatic hydroxyl groups is 1. The van der Waals surface area contributed by atoms with Gasteiger partial charge in [-0.05, 0) is 48.4 Å². The summed E-state index contributed by atoms with van der Waals surface area (Å²) in [6.07, 6.45) is 3.28. The summed E-state index contributed by atoms with van der Waals surface area (Å²) in [5.74, 6) is -2.23. The van der Waals surface area contributed by atoms with Gasteiger partial charge in [-0.2, -0.15) is 0 Å². The van der Waals surface area contributed by atoms with Gasteiger partial charge in [0.15, 0.2) is 9.84 Å². The average molecular weight is 433 g/mol. The minimum atomic E-state index is -3.28. The maximum atomic E-state index is 12.9. The van der Waals surface area contributed by atoms with E-state index in [2.05, 4.69) is 4.98 Å². The van der Waals surface area contributed by atoms with Crippen molar-refractivity contribution in [3.05, 3.63) is 70.5 Å². The van der Waals surface area contributed by atoms with E-state index in [0.717, 1.165) is 0 Å². The van der Waals surface area contributed by atoms with Gasteiger partial charge in [-0.25, -0.2) is 8.42 Å². The molecule has 9 heteroatoms. The first-order valence-electron chi connectivity index (χ1n) is 8.95. The molecule has 2 fully saturated rings. The van der Waals surface area contributed by atoms with Crippen LogP contribution in [-0.2, 0) is 19.4 Å². The molecule has 2 aromatic rings. The van der Waals surface area contributed by atoms with Gasteiger partial charge >= 0.3 is 0 Å². The lowest BCUT2D eigenvalue weighted by Gasteiger charge is -2.30. The van der Waals surface area contributed by atoms with E-state index in [4.69, 9.17) is 11.6 Å². The Labute approximate surface area is 172 Å². The quantitative estimate of drug-likeness (QED) is 0.453. The molecule has 2 saturated heterocycles. The summed E-state index contributed by atoms with van der Waals surface area (Å²) < 4.78 is 24.0.